The van der Waals surface area contributed by atoms with Crippen molar-refractivity contribution in [2.24, 2.45) is 0 Å². The number of aryl methyl sites for hydroxylation is 3. The van der Waals surface area contributed by atoms with E-state index in [1.165, 1.54) is 5.56 Å². The minimum atomic E-state index is 0.664. The third-order valence-electron chi connectivity index (χ3n) is 6.79. The lowest BCUT2D eigenvalue weighted by Gasteiger charge is -2.21. The summed E-state index contributed by atoms with van der Waals surface area (Å²) in [6, 6.07) is 22.6. The van der Waals surface area contributed by atoms with Gasteiger partial charge in [0.1, 0.15) is 11.6 Å². The van der Waals surface area contributed by atoms with Crippen LogP contribution in [0.4, 0.5) is 11.6 Å². The van der Waals surface area contributed by atoms with Crippen molar-refractivity contribution in [3.8, 4) is 28.3 Å². The highest BCUT2D eigenvalue weighted by molar-refractivity contribution is 5.83. The maximum absolute atomic E-state index is 9.21. The van der Waals surface area contributed by atoms with Crippen molar-refractivity contribution in [1.29, 1.82) is 5.26 Å². The van der Waals surface area contributed by atoms with E-state index >= 15 is 0 Å². The number of benzene rings is 2. The SMILES string of the molecule is Cc1cc(N(C)Cc2ccc(-c3cccc(C#N)c3)cc2)n2nc(C)c(-c3cnc(N(C)C)cc3C)c2n1. The Hall–Kier alpha value is -4.70. The van der Waals surface area contributed by atoms with Crippen LogP contribution in [-0.2, 0) is 6.54 Å². The summed E-state index contributed by atoms with van der Waals surface area (Å²) in [5.74, 6) is 1.90. The molecule has 3 aromatic heterocycles. The van der Waals surface area contributed by atoms with Crippen LogP contribution in [0.2, 0.25) is 0 Å². The van der Waals surface area contributed by atoms with Crippen molar-refractivity contribution < 1.29 is 0 Å². The fourth-order valence-corrected chi connectivity index (χ4v) is 4.79. The number of fused-ring (bicyclic) bond motifs is 1. The molecular formula is C31H31N7. The Morgan fingerprint density at radius 1 is 0.921 bits per heavy atom. The van der Waals surface area contributed by atoms with Gasteiger partial charge in [-0.15, -0.1) is 0 Å². The summed E-state index contributed by atoms with van der Waals surface area (Å²) < 4.78 is 1.94. The van der Waals surface area contributed by atoms with Crippen LogP contribution in [0, 0.1) is 32.1 Å². The van der Waals surface area contributed by atoms with E-state index in [0.717, 1.165) is 56.5 Å². The van der Waals surface area contributed by atoms with E-state index in [1.807, 2.05) is 67.8 Å². The molecule has 7 nitrogen and oxygen atoms in total. The average molecular weight is 502 g/mol. The van der Waals surface area contributed by atoms with Gasteiger partial charge in [-0.2, -0.15) is 14.9 Å². The van der Waals surface area contributed by atoms with Crippen molar-refractivity contribution in [3.05, 3.63) is 94.9 Å². The minimum Gasteiger partial charge on any atom is -0.363 e. The molecule has 0 bridgehead atoms. The first-order valence-electron chi connectivity index (χ1n) is 12.6. The predicted molar refractivity (Wildman–Crippen MR) is 153 cm³/mol. The Kier molecular flexibility index (Phi) is 6.56. The molecule has 0 spiro atoms. The second kappa shape index (κ2) is 9.98. The molecule has 5 rings (SSSR count). The lowest BCUT2D eigenvalue weighted by atomic mass is 10.0. The van der Waals surface area contributed by atoms with Gasteiger partial charge in [-0.1, -0.05) is 36.4 Å². The van der Waals surface area contributed by atoms with Gasteiger partial charge in [0, 0.05) is 51.2 Å². The topological polar surface area (TPSA) is 73.3 Å². The first-order valence-corrected chi connectivity index (χ1v) is 12.6. The van der Waals surface area contributed by atoms with Crippen molar-refractivity contribution in [2.45, 2.75) is 27.3 Å². The molecule has 0 aliphatic heterocycles. The highest BCUT2D eigenvalue weighted by Gasteiger charge is 2.20. The van der Waals surface area contributed by atoms with Crippen molar-refractivity contribution in [1.82, 2.24) is 19.6 Å². The van der Waals surface area contributed by atoms with Gasteiger partial charge in [0.2, 0.25) is 0 Å². The van der Waals surface area contributed by atoms with E-state index in [9.17, 15) is 5.26 Å². The van der Waals surface area contributed by atoms with Crippen LogP contribution in [0.1, 0.15) is 28.1 Å². The molecular weight excluding hydrogens is 470 g/mol. The Balaban J connectivity index is 1.47. The second-order valence-electron chi connectivity index (χ2n) is 9.95. The molecule has 0 aliphatic rings. The van der Waals surface area contributed by atoms with Gasteiger partial charge < -0.3 is 9.80 Å². The van der Waals surface area contributed by atoms with Gasteiger partial charge in [-0.05, 0) is 61.2 Å². The largest absolute Gasteiger partial charge is 0.363 e. The number of hydrogen-bond donors (Lipinski definition) is 0. The molecule has 0 amide bonds. The summed E-state index contributed by atoms with van der Waals surface area (Å²) in [6.07, 6.45) is 1.93. The normalized spacial score (nSPS) is 11.0. The van der Waals surface area contributed by atoms with Crippen LogP contribution >= 0.6 is 0 Å². The molecule has 3 heterocycles. The summed E-state index contributed by atoms with van der Waals surface area (Å²) in [4.78, 5) is 13.7. The highest BCUT2D eigenvalue weighted by Crippen LogP contribution is 2.33. The molecule has 5 aromatic rings. The molecule has 0 N–H and O–H groups in total. The summed E-state index contributed by atoms with van der Waals surface area (Å²) in [5, 5.41) is 14.1. The zero-order valence-electron chi connectivity index (χ0n) is 22.7. The summed E-state index contributed by atoms with van der Waals surface area (Å²) in [7, 11) is 6.07. The Bertz CT molecular complexity index is 1670. The number of nitriles is 1. The zero-order valence-corrected chi connectivity index (χ0v) is 22.7. The Morgan fingerprint density at radius 3 is 2.37 bits per heavy atom. The van der Waals surface area contributed by atoms with E-state index in [0.29, 0.717) is 12.1 Å². The first kappa shape index (κ1) is 25.0. The van der Waals surface area contributed by atoms with Crippen LogP contribution in [0.25, 0.3) is 27.9 Å². The number of hydrogen-bond acceptors (Lipinski definition) is 6. The van der Waals surface area contributed by atoms with Gasteiger partial charge >= 0.3 is 0 Å². The highest BCUT2D eigenvalue weighted by atomic mass is 15.3. The van der Waals surface area contributed by atoms with E-state index in [2.05, 4.69) is 66.3 Å². The number of aromatic nitrogens is 4. The molecule has 0 saturated carbocycles. The van der Waals surface area contributed by atoms with Gasteiger partial charge in [0.25, 0.3) is 0 Å². The molecule has 0 unspecified atom stereocenters. The lowest BCUT2D eigenvalue weighted by molar-refractivity contribution is 0.821. The maximum Gasteiger partial charge on any atom is 0.165 e. The summed E-state index contributed by atoms with van der Waals surface area (Å²) in [6.45, 7) is 6.87. The molecule has 0 atom stereocenters. The third-order valence-corrected chi connectivity index (χ3v) is 6.79. The molecule has 0 fully saturated rings. The third kappa shape index (κ3) is 4.69. The van der Waals surface area contributed by atoms with Crippen LogP contribution in [0.5, 0.6) is 0 Å². The fourth-order valence-electron chi connectivity index (χ4n) is 4.79. The Labute approximate surface area is 223 Å². The van der Waals surface area contributed by atoms with Gasteiger partial charge in [-0.25, -0.2) is 9.97 Å². The Morgan fingerprint density at radius 2 is 1.68 bits per heavy atom. The number of anilines is 2. The average Bonchev–Trinajstić information content (AvgIpc) is 3.23. The summed E-state index contributed by atoms with van der Waals surface area (Å²) >= 11 is 0. The maximum atomic E-state index is 9.21. The lowest BCUT2D eigenvalue weighted by Crippen LogP contribution is -2.20. The van der Waals surface area contributed by atoms with E-state index in [1.54, 1.807) is 0 Å². The number of rotatable bonds is 6. The van der Waals surface area contributed by atoms with Crippen LogP contribution < -0.4 is 9.80 Å². The van der Waals surface area contributed by atoms with Crippen molar-refractivity contribution >= 4 is 17.3 Å². The molecule has 7 heteroatoms. The molecule has 38 heavy (non-hydrogen) atoms. The number of pyridine rings is 1. The van der Waals surface area contributed by atoms with E-state index < -0.39 is 0 Å². The zero-order chi connectivity index (χ0) is 27.0. The molecule has 0 aliphatic carbocycles. The number of nitrogens with zero attached hydrogens (tertiary/aromatic N) is 7. The van der Waals surface area contributed by atoms with Crippen LogP contribution in [0.15, 0.2) is 66.9 Å². The van der Waals surface area contributed by atoms with Gasteiger partial charge in [0.15, 0.2) is 5.65 Å². The smallest absolute Gasteiger partial charge is 0.165 e. The second-order valence-corrected chi connectivity index (χ2v) is 9.95. The molecule has 0 radical (unpaired) electrons. The van der Waals surface area contributed by atoms with Crippen LogP contribution in [-0.4, -0.2) is 40.7 Å². The van der Waals surface area contributed by atoms with Crippen LogP contribution in [0.3, 0.4) is 0 Å². The molecule has 2 aromatic carbocycles. The quantitative estimate of drug-likeness (QED) is 0.286. The standard InChI is InChI=1S/C31H31N7/c1-20-14-28(36(4)5)33-18-27(20)30-22(3)35-38-29(15-21(2)34-31(30)38)37(6)19-23-10-12-25(13-11-23)26-9-7-8-24(16-26)17-32/h7-16,18H,19H2,1-6H3. The minimum absolute atomic E-state index is 0.664. The fraction of sp³-hybridized carbons (Fsp3) is 0.226. The monoisotopic (exact) mass is 501 g/mol. The van der Waals surface area contributed by atoms with E-state index in [-0.39, 0.29) is 0 Å². The molecule has 0 saturated heterocycles. The van der Waals surface area contributed by atoms with Crippen molar-refractivity contribution in [3.63, 3.8) is 0 Å². The van der Waals surface area contributed by atoms with Crippen molar-refractivity contribution in [2.75, 3.05) is 30.9 Å². The van der Waals surface area contributed by atoms with E-state index in [4.69, 9.17) is 10.1 Å². The van der Waals surface area contributed by atoms with Gasteiger partial charge in [0.05, 0.1) is 22.9 Å². The van der Waals surface area contributed by atoms with Gasteiger partial charge in [-0.3, -0.25) is 0 Å². The first-order chi connectivity index (χ1) is 18.2. The summed E-state index contributed by atoms with van der Waals surface area (Å²) in [5.41, 5.74) is 9.86. The molecule has 190 valence electrons. The predicted octanol–water partition coefficient (Wildman–Crippen LogP) is 5.96.